The molecule has 0 atom stereocenters. The molecule has 0 unspecified atom stereocenters. The molecule has 0 fully saturated rings. The Balaban J connectivity index is 1.89. The highest BCUT2D eigenvalue weighted by atomic mass is 16.2. The molecule has 7 nitrogen and oxygen atoms in total. The summed E-state index contributed by atoms with van der Waals surface area (Å²) in [5, 5.41) is 11.5. The maximum atomic E-state index is 12.2. The molecule has 0 heterocycles. The first-order valence-corrected chi connectivity index (χ1v) is 9.75. The lowest BCUT2D eigenvalue weighted by atomic mass is 10.1. The van der Waals surface area contributed by atoms with Crippen molar-refractivity contribution in [3.05, 3.63) is 53.6 Å². The Labute approximate surface area is 171 Å². The summed E-state index contributed by atoms with van der Waals surface area (Å²) in [6, 6.07) is 12.3. The van der Waals surface area contributed by atoms with E-state index in [4.69, 9.17) is 0 Å². The van der Waals surface area contributed by atoms with E-state index < -0.39 is 0 Å². The summed E-state index contributed by atoms with van der Waals surface area (Å²) >= 11 is 0. The van der Waals surface area contributed by atoms with Gasteiger partial charge in [0.15, 0.2) is 0 Å². The minimum Gasteiger partial charge on any atom is -0.376 e. The molecule has 0 aliphatic carbocycles. The molecule has 0 saturated heterocycles. The van der Waals surface area contributed by atoms with Gasteiger partial charge in [0.05, 0.1) is 6.54 Å². The van der Waals surface area contributed by atoms with Crippen LogP contribution < -0.4 is 21.3 Å². The zero-order valence-corrected chi connectivity index (χ0v) is 17.1. The van der Waals surface area contributed by atoms with Crippen LogP contribution in [0.1, 0.15) is 42.6 Å². The number of rotatable bonds is 9. The van der Waals surface area contributed by atoms with Crippen molar-refractivity contribution in [1.29, 1.82) is 0 Å². The van der Waals surface area contributed by atoms with Crippen molar-refractivity contribution in [3.63, 3.8) is 0 Å². The molecule has 0 spiro atoms. The molecule has 0 bridgehead atoms. The first-order valence-electron chi connectivity index (χ1n) is 9.75. The van der Waals surface area contributed by atoms with E-state index in [9.17, 15) is 14.4 Å². The van der Waals surface area contributed by atoms with Gasteiger partial charge in [0.1, 0.15) is 0 Å². The van der Waals surface area contributed by atoms with Crippen LogP contribution in [-0.4, -0.2) is 30.8 Å². The van der Waals surface area contributed by atoms with Crippen LogP contribution in [-0.2, 0) is 9.59 Å². The number of aryl methyl sites for hydroxylation is 1. The van der Waals surface area contributed by atoms with Gasteiger partial charge in [-0.1, -0.05) is 19.9 Å². The van der Waals surface area contributed by atoms with Gasteiger partial charge in [0.25, 0.3) is 5.91 Å². The minimum atomic E-state index is -0.215. The Morgan fingerprint density at radius 2 is 1.55 bits per heavy atom. The van der Waals surface area contributed by atoms with Crippen LogP contribution in [0.2, 0.25) is 0 Å². The number of anilines is 3. The van der Waals surface area contributed by atoms with Crippen LogP contribution in [0.4, 0.5) is 17.1 Å². The second-order valence-corrected chi connectivity index (χ2v) is 6.67. The largest absolute Gasteiger partial charge is 0.376 e. The average molecular weight is 396 g/mol. The summed E-state index contributed by atoms with van der Waals surface area (Å²) in [6.07, 6.45) is 1.28. The van der Waals surface area contributed by atoms with Crippen molar-refractivity contribution < 1.29 is 14.4 Å². The fourth-order valence-corrected chi connectivity index (χ4v) is 2.54. The zero-order valence-electron chi connectivity index (χ0n) is 17.1. The van der Waals surface area contributed by atoms with Gasteiger partial charge < -0.3 is 21.3 Å². The zero-order chi connectivity index (χ0) is 21.2. The molecule has 0 radical (unpaired) electrons. The molecule has 29 heavy (non-hydrogen) atoms. The quantitative estimate of drug-likeness (QED) is 0.521. The molecule has 3 amide bonds. The van der Waals surface area contributed by atoms with Crippen LogP contribution in [0.5, 0.6) is 0 Å². The number of hydrogen-bond donors (Lipinski definition) is 4. The third-order valence-electron chi connectivity index (χ3n) is 4.25. The van der Waals surface area contributed by atoms with Gasteiger partial charge in [0.2, 0.25) is 11.8 Å². The fraction of sp³-hybridized carbons (Fsp3) is 0.318. The third-order valence-corrected chi connectivity index (χ3v) is 4.25. The van der Waals surface area contributed by atoms with Gasteiger partial charge in [0, 0.05) is 35.6 Å². The molecule has 2 rings (SSSR count). The number of hydrogen-bond acceptors (Lipinski definition) is 4. The van der Waals surface area contributed by atoms with Gasteiger partial charge in [-0.15, -0.1) is 0 Å². The van der Waals surface area contributed by atoms with Crippen LogP contribution in [0.15, 0.2) is 42.5 Å². The monoisotopic (exact) mass is 396 g/mol. The maximum absolute atomic E-state index is 12.2. The van der Waals surface area contributed by atoms with E-state index in [-0.39, 0.29) is 24.3 Å². The average Bonchev–Trinajstić information content (AvgIpc) is 2.72. The summed E-state index contributed by atoms with van der Waals surface area (Å²) in [5.41, 5.74) is 3.57. The van der Waals surface area contributed by atoms with Crippen LogP contribution in [0.25, 0.3) is 0 Å². The number of amides is 3. The van der Waals surface area contributed by atoms with Gasteiger partial charge in [-0.3, -0.25) is 14.4 Å². The predicted octanol–water partition coefficient (Wildman–Crippen LogP) is 3.53. The highest BCUT2D eigenvalue weighted by Crippen LogP contribution is 2.20. The van der Waals surface area contributed by atoms with Crippen molar-refractivity contribution >= 4 is 34.8 Å². The predicted molar refractivity (Wildman–Crippen MR) is 116 cm³/mol. The van der Waals surface area contributed by atoms with Crippen molar-refractivity contribution in [2.75, 3.05) is 29.0 Å². The number of benzene rings is 2. The Morgan fingerprint density at radius 3 is 2.21 bits per heavy atom. The normalized spacial score (nSPS) is 10.2. The van der Waals surface area contributed by atoms with Crippen molar-refractivity contribution in [1.82, 2.24) is 5.32 Å². The van der Waals surface area contributed by atoms with Crippen molar-refractivity contribution in [2.24, 2.45) is 0 Å². The Bertz CT molecular complexity index is 863. The van der Waals surface area contributed by atoms with Crippen LogP contribution >= 0.6 is 0 Å². The van der Waals surface area contributed by atoms with E-state index in [0.29, 0.717) is 24.2 Å². The Morgan fingerprint density at radius 1 is 0.862 bits per heavy atom. The van der Waals surface area contributed by atoms with Crippen molar-refractivity contribution in [3.8, 4) is 0 Å². The maximum Gasteiger partial charge on any atom is 0.251 e. The summed E-state index contributed by atoms with van der Waals surface area (Å²) in [7, 11) is 0. The van der Waals surface area contributed by atoms with E-state index in [1.54, 1.807) is 37.3 Å². The molecular formula is C22H28N4O3. The van der Waals surface area contributed by atoms with Crippen LogP contribution in [0.3, 0.4) is 0 Å². The Hall–Kier alpha value is -3.35. The lowest BCUT2D eigenvalue weighted by Crippen LogP contribution is -2.24. The first-order chi connectivity index (χ1) is 13.9. The molecular weight excluding hydrogens is 368 g/mol. The molecule has 0 aromatic heterocycles. The van der Waals surface area contributed by atoms with E-state index in [1.807, 2.05) is 26.0 Å². The lowest BCUT2D eigenvalue weighted by molar-refractivity contribution is -0.116. The minimum absolute atomic E-state index is 0.0604. The Kier molecular flexibility index (Phi) is 8.21. The first kappa shape index (κ1) is 21.9. The SMILES string of the molecule is CCCNC(=O)c1ccc(NC(=O)CNc2ccc(C)c(NC(=O)CC)c2)cc1. The molecule has 0 saturated carbocycles. The highest BCUT2D eigenvalue weighted by molar-refractivity contribution is 5.97. The summed E-state index contributed by atoms with van der Waals surface area (Å²) in [4.78, 5) is 35.7. The van der Waals surface area contributed by atoms with Gasteiger partial charge in [-0.2, -0.15) is 0 Å². The molecule has 0 aliphatic rings. The third kappa shape index (κ3) is 6.95. The molecule has 2 aromatic carbocycles. The van der Waals surface area contributed by atoms with Gasteiger partial charge >= 0.3 is 0 Å². The number of carbonyl (C=O) groups excluding carboxylic acids is 3. The van der Waals surface area contributed by atoms with E-state index in [1.165, 1.54) is 0 Å². The summed E-state index contributed by atoms with van der Waals surface area (Å²) in [6.45, 7) is 6.40. The second-order valence-electron chi connectivity index (χ2n) is 6.67. The fourth-order valence-electron chi connectivity index (χ4n) is 2.54. The van der Waals surface area contributed by atoms with E-state index >= 15 is 0 Å². The number of nitrogens with one attached hydrogen (secondary N) is 4. The standard InChI is InChI=1S/C22H28N4O3/c1-4-12-23-22(29)16-7-10-17(11-8-16)25-21(28)14-24-18-9-6-15(3)19(13-18)26-20(27)5-2/h6-11,13,24H,4-5,12,14H2,1-3H3,(H,23,29)(H,25,28)(H,26,27). The highest BCUT2D eigenvalue weighted by Gasteiger charge is 2.08. The molecule has 4 N–H and O–H groups in total. The smallest absolute Gasteiger partial charge is 0.251 e. The van der Waals surface area contributed by atoms with Gasteiger partial charge in [-0.05, 0) is 55.3 Å². The van der Waals surface area contributed by atoms with E-state index in [2.05, 4.69) is 21.3 Å². The summed E-state index contributed by atoms with van der Waals surface area (Å²) < 4.78 is 0. The summed E-state index contributed by atoms with van der Waals surface area (Å²) in [5.74, 6) is -0.403. The van der Waals surface area contributed by atoms with Crippen LogP contribution in [0, 0.1) is 6.92 Å². The number of carbonyl (C=O) groups is 3. The van der Waals surface area contributed by atoms with E-state index in [0.717, 1.165) is 23.4 Å². The lowest BCUT2D eigenvalue weighted by Gasteiger charge is -2.12. The second kappa shape index (κ2) is 10.8. The van der Waals surface area contributed by atoms with Crippen molar-refractivity contribution in [2.45, 2.75) is 33.6 Å². The molecule has 2 aromatic rings. The molecule has 0 aliphatic heterocycles. The molecule has 7 heteroatoms. The topological polar surface area (TPSA) is 99.3 Å². The van der Waals surface area contributed by atoms with Gasteiger partial charge in [-0.25, -0.2) is 0 Å². The molecule has 154 valence electrons.